The molecule has 0 bridgehead atoms. The molecule has 0 spiro atoms. The molecule has 0 saturated heterocycles. The molecule has 3 aromatic rings. The first-order chi connectivity index (χ1) is 15.3. The molecule has 2 amide bonds. The second-order valence-electron chi connectivity index (χ2n) is 6.66. The normalized spacial score (nSPS) is 11.5. The van der Waals surface area contributed by atoms with Crippen LogP contribution in [0.3, 0.4) is 0 Å². The molecule has 32 heavy (non-hydrogen) atoms. The highest BCUT2D eigenvalue weighted by Crippen LogP contribution is 2.30. The zero-order chi connectivity index (χ0) is 23.3. The van der Waals surface area contributed by atoms with E-state index in [4.69, 9.17) is 34.8 Å². The van der Waals surface area contributed by atoms with Crippen molar-refractivity contribution < 1.29 is 19.5 Å². The number of carboxylic acids is 1. The third-order valence-electron chi connectivity index (χ3n) is 4.46. The van der Waals surface area contributed by atoms with E-state index in [0.717, 1.165) is 0 Å². The highest BCUT2D eigenvalue weighted by molar-refractivity contribution is 6.40. The summed E-state index contributed by atoms with van der Waals surface area (Å²) < 4.78 is 0. The van der Waals surface area contributed by atoms with Crippen molar-refractivity contribution in [3.05, 3.63) is 92.7 Å². The lowest BCUT2D eigenvalue weighted by atomic mass is 10.0. The van der Waals surface area contributed by atoms with Gasteiger partial charge in [-0.3, -0.25) is 9.59 Å². The van der Waals surface area contributed by atoms with E-state index in [9.17, 15) is 19.5 Å². The number of anilines is 1. The molecule has 2 aromatic carbocycles. The Morgan fingerprint density at radius 1 is 0.906 bits per heavy atom. The second-order valence-corrected chi connectivity index (χ2v) is 7.83. The van der Waals surface area contributed by atoms with Gasteiger partial charge in [-0.2, -0.15) is 0 Å². The van der Waals surface area contributed by atoms with Crippen LogP contribution in [0.4, 0.5) is 5.69 Å². The Labute approximate surface area is 198 Å². The number of carbonyl (C=O) groups is 3. The zero-order valence-electron chi connectivity index (χ0n) is 16.3. The van der Waals surface area contributed by atoms with Gasteiger partial charge in [0.25, 0.3) is 11.8 Å². The quantitative estimate of drug-likeness (QED) is 0.414. The Bertz CT molecular complexity index is 1150. The topological polar surface area (TPSA) is 108 Å². The van der Waals surface area contributed by atoms with Crippen LogP contribution in [0.5, 0.6) is 0 Å². The predicted molar refractivity (Wildman–Crippen MR) is 123 cm³/mol. The van der Waals surface area contributed by atoms with Crippen molar-refractivity contribution >= 4 is 58.3 Å². The number of rotatable bonds is 7. The number of amides is 2. The van der Waals surface area contributed by atoms with E-state index in [0.29, 0.717) is 26.9 Å². The molecule has 0 radical (unpaired) electrons. The van der Waals surface area contributed by atoms with Crippen LogP contribution in [0, 0.1) is 0 Å². The Kier molecular flexibility index (Phi) is 7.69. The van der Waals surface area contributed by atoms with Gasteiger partial charge in [-0.25, -0.2) is 9.78 Å². The molecule has 1 aromatic heterocycles. The zero-order valence-corrected chi connectivity index (χ0v) is 18.6. The summed E-state index contributed by atoms with van der Waals surface area (Å²) in [6, 6.07) is 12.9. The van der Waals surface area contributed by atoms with Crippen LogP contribution >= 0.6 is 34.8 Å². The number of benzene rings is 2. The van der Waals surface area contributed by atoms with Gasteiger partial charge >= 0.3 is 5.97 Å². The number of aliphatic carboxylic acids is 1. The summed E-state index contributed by atoms with van der Waals surface area (Å²) in [5.74, 6) is -2.29. The summed E-state index contributed by atoms with van der Waals surface area (Å²) in [6.07, 6.45) is 1.42. The van der Waals surface area contributed by atoms with Crippen LogP contribution in [0.15, 0.2) is 60.8 Å². The summed E-state index contributed by atoms with van der Waals surface area (Å²) in [4.78, 5) is 40.3. The second kappa shape index (κ2) is 10.5. The van der Waals surface area contributed by atoms with Crippen LogP contribution in [0.2, 0.25) is 15.2 Å². The number of aromatic nitrogens is 1. The van der Waals surface area contributed by atoms with Crippen LogP contribution in [0.1, 0.15) is 26.3 Å². The minimum absolute atomic E-state index is 0.00278. The lowest BCUT2D eigenvalue weighted by Gasteiger charge is -2.15. The smallest absolute Gasteiger partial charge is 0.326 e. The predicted octanol–water partition coefficient (Wildman–Crippen LogP) is 4.72. The first-order valence-corrected chi connectivity index (χ1v) is 10.4. The molecule has 1 unspecified atom stereocenters. The lowest BCUT2D eigenvalue weighted by molar-refractivity contribution is -0.139. The first kappa shape index (κ1) is 23.5. The van der Waals surface area contributed by atoms with Crippen molar-refractivity contribution in [1.29, 1.82) is 0 Å². The van der Waals surface area contributed by atoms with Gasteiger partial charge in [0.15, 0.2) is 0 Å². The van der Waals surface area contributed by atoms with E-state index in [1.807, 2.05) is 0 Å². The number of nitrogens with zero attached hydrogens (tertiary/aromatic N) is 1. The number of carbonyl (C=O) groups excluding carboxylic acids is 2. The minimum atomic E-state index is -1.21. The lowest BCUT2D eigenvalue weighted by Crippen LogP contribution is -2.42. The number of nitrogens with one attached hydrogen (secondary N) is 2. The maximum atomic E-state index is 12.5. The molecule has 3 N–H and O–H groups in total. The van der Waals surface area contributed by atoms with E-state index < -0.39 is 23.8 Å². The number of hydrogen-bond donors (Lipinski definition) is 3. The molecule has 3 rings (SSSR count). The Balaban J connectivity index is 1.69. The monoisotopic (exact) mass is 491 g/mol. The average molecular weight is 493 g/mol. The molecule has 7 nitrogen and oxygen atoms in total. The molecular weight excluding hydrogens is 477 g/mol. The highest BCUT2D eigenvalue weighted by atomic mass is 35.5. The van der Waals surface area contributed by atoms with Crippen molar-refractivity contribution in [3.63, 3.8) is 0 Å². The summed E-state index contributed by atoms with van der Waals surface area (Å²) in [6.45, 7) is 0. The Hall–Kier alpha value is -3.13. The van der Waals surface area contributed by atoms with Crippen molar-refractivity contribution in [2.45, 2.75) is 12.5 Å². The largest absolute Gasteiger partial charge is 0.480 e. The number of hydrogen-bond acceptors (Lipinski definition) is 4. The van der Waals surface area contributed by atoms with Crippen molar-refractivity contribution in [3.8, 4) is 0 Å². The van der Waals surface area contributed by atoms with E-state index in [1.165, 1.54) is 30.5 Å². The molecule has 0 aliphatic rings. The van der Waals surface area contributed by atoms with E-state index in [2.05, 4.69) is 15.6 Å². The summed E-state index contributed by atoms with van der Waals surface area (Å²) in [5.41, 5.74) is 1.29. The third kappa shape index (κ3) is 5.76. The van der Waals surface area contributed by atoms with Gasteiger partial charge in [-0.1, -0.05) is 53.0 Å². The number of para-hydroxylation sites is 1. The molecular formula is C22H16Cl3N3O4. The van der Waals surface area contributed by atoms with Gasteiger partial charge in [0.05, 0.1) is 21.3 Å². The Morgan fingerprint density at radius 2 is 1.56 bits per heavy atom. The molecule has 0 aliphatic carbocycles. The molecule has 164 valence electrons. The first-order valence-electron chi connectivity index (χ1n) is 9.24. The van der Waals surface area contributed by atoms with Gasteiger partial charge in [0.1, 0.15) is 11.2 Å². The molecule has 0 aliphatic heterocycles. The fraction of sp³-hybridized carbons (Fsp3) is 0.0909. The summed E-state index contributed by atoms with van der Waals surface area (Å²) >= 11 is 18.0. The average Bonchev–Trinajstić information content (AvgIpc) is 2.76. The van der Waals surface area contributed by atoms with Crippen LogP contribution < -0.4 is 10.6 Å². The molecule has 1 atom stereocenters. The molecule has 0 fully saturated rings. The molecule has 0 saturated carbocycles. The maximum Gasteiger partial charge on any atom is 0.326 e. The number of halogens is 3. The van der Waals surface area contributed by atoms with Crippen LogP contribution in [-0.2, 0) is 11.2 Å². The van der Waals surface area contributed by atoms with Crippen LogP contribution in [-0.4, -0.2) is 33.9 Å². The van der Waals surface area contributed by atoms with Gasteiger partial charge < -0.3 is 15.7 Å². The van der Waals surface area contributed by atoms with Crippen molar-refractivity contribution in [2.75, 3.05) is 5.32 Å². The van der Waals surface area contributed by atoms with E-state index >= 15 is 0 Å². The van der Waals surface area contributed by atoms with Gasteiger partial charge in [0.2, 0.25) is 0 Å². The molecule has 1 heterocycles. The van der Waals surface area contributed by atoms with Gasteiger partial charge in [-0.15, -0.1) is 0 Å². The third-order valence-corrected chi connectivity index (χ3v) is 5.40. The van der Waals surface area contributed by atoms with Crippen molar-refractivity contribution in [1.82, 2.24) is 10.3 Å². The van der Waals surface area contributed by atoms with Crippen LogP contribution in [0.25, 0.3) is 0 Å². The SMILES string of the molecule is O=C(Nc1c(Cl)cccc1Cl)c1ccc(CC(NC(=O)c2cccnc2Cl)C(=O)O)cc1. The maximum absolute atomic E-state index is 12.5. The summed E-state index contributed by atoms with van der Waals surface area (Å²) in [5, 5.41) is 15.2. The molecule has 10 heteroatoms. The van der Waals surface area contributed by atoms with E-state index in [1.54, 1.807) is 30.3 Å². The fourth-order valence-electron chi connectivity index (χ4n) is 2.82. The Morgan fingerprint density at radius 3 is 2.16 bits per heavy atom. The van der Waals surface area contributed by atoms with Gasteiger partial charge in [-0.05, 0) is 42.0 Å². The fourth-order valence-corrected chi connectivity index (χ4v) is 3.52. The highest BCUT2D eigenvalue weighted by Gasteiger charge is 2.23. The summed E-state index contributed by atoms with van der Waals surface area (Å²) in [7, 11) is 0. The minimum Gasteiger partial charge on any atom is -0.480 e. The standard InChI is InChI=1S/C22H16Cl3N3O4/c23-15-4-1-5-16(24)18(15)28-20(29)13-8-6-12(7-9-13)11-17(22(31)32)27-21(30)14-3-2-10-26-19(14)25/h1-10,17H,11H2,(H,27,30)(H,28,29)(H,31,32). The van der Waals surface area contributed by atoms with E-state index in [-0.39, 0.29) is 17.1 Å². The van der Waals surface area contributed by atoms with Crippen molar-refractivity contribution in [2.24, 2.45) is 0 Å². The number of pyridine rings is 1. The number of carboxylic acid groups (broad SMARTS) is 1. The van der Waals surface area contributed by atoms with Gasteiger partial charge in [0, 0.05) is 18.2 Å².